The van der Waals surface area contributed by atoms with E-state index in [1.807, 2.05) is 0 Å². The zero-order valence-corrected chi connectivity index (χ0v) is 14.0. The lowest BCUT2D eigenvalue weighted by atomic mass is 10.2. The number of methoxy groups -OCH3 is 1. The molecule has 0 aliphatic carbocycles. The van der Waals surface area contributed by atoms with E-state index in [2.05, 4.69) is 20.7 Å². The minimum atomic E-state index is -0.523. The molecule has 7 nitrogen and oxygen atoms in total. The second-order valence-corrected chi connectivity index (χ2v) is 5.28. The van der Waals surface area contributed by atoms with Gasteiger partial charge in [0.25, 0.3) is 0 Å². The lowest BCUT2D eigenvalue weighted by Gasteiger charge is -2.09. The number of anilines is 1. The van der Waals surface area contributed by atoms with Crippen LogP contribution in [-0.2, 0) is 16.1 Å². The molecular weight excluding hydrogens is 341 g/mol. The number of rotatable bonds is 6. The van der Waals surface area contributed by atoms with Gasteiger partial charge in [-0.2, -0.15) is 0 Å². The fraction of sp³-hybridized carbons (Fsp3) is 0.167. The van der Waals surface area contributed by atoms with E-state index >= 15 is 0 Å². The fourth-order valence-corrected chi connectivity index (χ4v) is 2.02. The van der Waals surface area contributed by atoms with E-state index in [0.717, 1.165) is 5.56 Å². The summed E-state index contributed by atoms with van der Waals surface area (Å²) in [5, 5.41) is 7.56. The average Bonchev–Trinajstić information content (AvgIpc) is 2.66. The van der Waals surface area contributed by atoms with Gasteiger partial charge in [-0.25, -0.2) is 14.0 Å². The lowest BCUT2D eigenvalue weighted by molar-refractivity contribution is -0.115. The first-order chi connectivity index (χ1) is 12.5. The number of ether oxygens (including phenoxy) is 1. The number of esters is 1. The number of hydrogen-bond acceptors (Lipinski definition) is 4. The molecule has 26 heavy (non-hydrogen) atoms. The normalized spacial score (nSPS) is 9.92. The number of halogens is 1. The second-order valence-electron chi connectivity index (χ2n) is 5.28. The van der Waals surface area contributed by atoms with Gasteiger partial charge in [0.1, 0.15) is 5.82 Å². The van der Waals surface area contributed by atoms with Crippen LogP contribution >= 0.6 is 0 Å². The van der Waals surface area contributed by atoms with Crippen LogP contribution in [0.1, 0.15) is 15.9 Å². The number of hydrogen-bond donors (Lipinski definition) is 3. The number of urea groups is 1. The third-order valence-corrected chi connectivity index (χ3v) is 3.37. The van der Waals surface area contributed by atoms with Crippen LogP contribution in [0.3, 0.4) is 0 Å². The molecule has 0 bridgehead atoms. The first-order valence-electron chi connectivity index (χ1n) is 7.72. The van der Waals surface area contributed by atoms with E-state index in [1.165, 1.54) is 31.4 Å². The minimum absolute atomic E-state index is 0.211. The molecule has 0 saturated carbocycles. The van der Waals surface area contributed by atoms with Crippen LogP contribution in [0.25, 0.3) is 0 Å². The van der Waals surface area contributed by atoms with Gasteiger partial charge in [-0.3, -0.25) is 4.79 Å². The summed E-state index contributed by atoms with van der Waals surface area (Å²) in [5.74, 6) is -1.25. The van der Waals surface area contributed by atoms with Crippen molar-refractivity contribution < 1.29 is 23.5 Å². The third kappa shape index (κ3) is 5.90. The van der Waals surface area contributed by atoms with Crippen LogP contribution < -0.4 is 16.0 Å². The minimum Gasteiger partial charge on any atom is -0.465 e. The highest BCUT2D eigenvalue weighted by Crippen LogP contribution is 2.10. The van der Waals surface area contributed by atoms with Crippen LogP contribution in [0, 0.1) is 5.82 Å². The van der Waals surface area contributed by atoms with Crippen LogP contribution in [-0.4, -0.2) is 31.6 Å². The molecule has 0 aromatic heterocycles. The summed E-state index contributed by atoms with van der Waals surface area (Å²) in [5.41, 5.74) is 1.58. The van der Waals surface area contributed by atoms with E-state index < -0.39 is 17.9 Å². The standard InChI is InChI=1S/C18H18FN3O4/c1-26-17(24)13-4-8-15(9-5-13)22-16(23)11-21-18(25)20-10-12-2-6-14(19)7-3-12/h2-9H,10-11H2,1H3,(H,22,23)(H2,20,21,25). The molecule has 0 aliphatic rings. The molecule has 0 unspecified atom stereocenters. The topological polar surface area (TPSA) is 96.5 Å². The molecule has 0 fully saturated rings. The highest BCUT2D eigenvalue weighted by atomic mass is 19.1. The molecule has 2 rings (SSSR count). The van der Waals surface area contributed by atoms with Crippen molar-refractivity contribution in [2.75, 3.05) is 19.0 Å². The van der Waals surface area contributed by atoms with Crippen molar-refractivity contribution in [3.63, 3.8) is 0 Å². The first kappa shape index (κ1) is 18.9. The van der Waals surface area contributed by atoms with E-state index in [9.17, 15) is 18.8 Å². The molecule has 2 aromatic rings. The van der Waals surface area contributed by atoms with Gasteiger partial charge >= 0.3 is 12.0 Å². The summed E-state index contributed by atoms with van der Waals surface area (Å²) in [6, 6.07) is 11.3. The molecule has 0 heterocycles. The van der Waals surface area contributed by atoms with Gasteiger partial charge in [0.2, 0.25) is 5.91 Å². The predicted molar refractivity (Wildman–Crippen MR) is 93.0 cm³/mol. The Morgan fingerprint density at radius 2 is 1.62 bits per heavy atom. The van der Waals surface area contributed by atoms with Crippen LogP contribution in [0.5, 0.6) is 0 Å². The van der Waals surface area contributed by atoms with Crippen molar-refractivity contribution in [1.29, 1.82) is 0 Å². The fourth-order valence-electron chi connectivity index (χ4n) is 2.02. The maximum atomic E-state index is 12.8. The molecular formula is C18H18FN3O4. The van der Waals surface area contributed by atoms with E-state index in [4.69, 9.17) is 0 Å². The highest BCUT2D eigenvalue weighted by Gasteiger charge is 2.08. The Kier molecular flexibility index (Phi) is 6.67. The Labute approximate surface area is 149 Å². The molecule has 0 saturated heterocycles. The molecule has 3 N–H and O–H groups in total. The number of benzene rings is 2. The molecule has 136 valence electrons. The summed E-state index contributed by atoms with van der Waals surface area (Å²) >= 11 is 0. The summed E-state index contributed by atoms with van der Waals surface area (Å²) in [6.07, 6.45) is 0. The molecule has 8 heteroatoms. The maximum Gasteiger partial charge on any atom is 0.337 e. The van der Waals surface area contributed by atoms with Gasteiger partial charge in [0, 0.05) is 12.2 Å². The maximum absolute atomic E-state index is 12.8. The van der Waals surface area contributed by atoms with E-state index in [-0.39, 0.29) is 18.9 Å². The number of nitrogens with one attached hydrogen (secondary N) is 3. The quantitative estimate of drug-likeness (QED) is 0.688. The Bertz CT molecular complexity index is 776. The van der Waals surface area contributed by atoms with Gasteiger partial charge < -0.3 is 20.7 Å². The Morgan fingerprint density at radius 1 is 0.962 bits per heavy atom. The van der Waals surface area contributed by atoms with Gasteiger partial charge in [0.15, 0.2) is 0 Å². The average molecular weight is 359 g/mol. The summed E-state index contributed by atoms with van der Waals surface area (Å²) < 4.78 is 17.4. The van der Waals surface area contributed by atoms with Gasteiger partial charge in [-0.15, -0.1) is 0 Å². The third-order valence-electron chi connectivity index (χ3n) is 3.37. The zero-order chi connectivity index (χ0) is 18.9. The zero-order valence-electron chi connectivity index (χ0n) is 14.0. The number of carbonyl (C=O) groups is 3. The molecule has 0 atom stereocenters. The molecule has 0 radical (unpaired) electrons. The van der Waals surface area contributed by atoms with Crippen molar-refractivity contribution >= 4 is 23.6 Å². The highest BCUT2D eigenvalue weighted by molar-refractivity contribution is 5.95. The second kappa shape index (κ2) is 9.16. The molecule has 2 aromatic carbocycles. The van der Waals surface area contributed by atoms with Crippen LogP contribution in [0.2, 0.25) is 0 Å². The number of carbonyl (C=O) groups excluding carboxylic acids is 3. The Hall–Kier alpha value is -3.42. The van der Waals surface area contributed by atoms with Gasteiger partial charge in [0.05, 0.1) is 19.2 Å². The lowest BCUT2D eigenvalue weighted by Crippen LogP contribution is -2.39. The van der Waals surface area contributed by atoms with E-state index in [0.29, 0.717) is 11.3 Å². The Balaban J connectivity index is 1.73. The molecule has 0 spiro atoms. The Morgan fingerprint density at radius 3 is 2.23 bits per heavy atom. The van der Waals surface area contributed by atoms with Crippen molar-refractivity contribution in [3.8, 4) is 0 Å². The monoisotopic (exact) mass is 359 g/mol. The van der Waals surface area contributed by atoms with Crippen LogP contribution in [0.15, 0.2) is 48.5 Å². The van der Waals surface area contributed by atoms with Crippen molar-refractivity contribution in [3.05, 3.63) is 65.5 Å². The first-order valence-corrected chi connectivity index (χ1v) is 7.72. The number of amides is 3. The van der Waals surface area contributed by atoms with Crippen molar-refractivity contribution in [2.24, 2.45) is 0 Å². The summed E-state index contributed by atoms with van der Waals surface area (Å²) in [7, 11) is 1.28. The largest absolute Gasteiger partial charge is 0.465 e. The smallest absolute Gasteiger partial charge is 0.337 e. The summed E-state index contributed by atoms with van der Waals surface area (Å²) in [4.78, 5) is 34.8. The van der Waals surface area contributed by atoms with Gasteiger partial charge in [-0.1, -0.05) is 12.1 Å². The van der Waals surface area contributed by atoms with Gasteiger partial charge in [-0.05, 0) is 42.0 Å². The van der Waals surface area contributed by atoms with Crippen LogP contribution in [0.4, 0.5) is 14.9 Å². The molecule has 3 amide bonds. The van der Waals surface area contributed by atoms with Crippen molar-refractivity contribution in [2.45, 2.75) is 6.54 Å². The SMILES string of the molecule is COC(=O)c1ccc(NC(=O)CNC(=O)NCc2ccc(F)cc2)cc1. The van der Waals surface area contributed by atoms with Crippen molar-refractivity contribution in [1.82, 2.24) is 10.6 Å². The summed E-state index contributed by atoms with van der Waals surface area (Å²) in [6.45, 7) is -0.0171. The predicted octanol–water partition coefficient (Wildman–Crippen LogP) is 2.05. The van der Waals surface area contributed by atoms with E-state index in [1.54, 1.807) is 24.3 Å². The molecule has 0 aliphatic heterocycles.